The van der Waals surface area contributed by atoms with E-state index < -0.39 is 22.5 Å². The van der Waals surface area contributed by atoms with Gasteiger partial charge in [-0.2, -0.15) is 5.10 Å². The third kappa shape index (κ3) is 7.95. The number of aryl methyl sites for hydroxylation is 2. The van der Waals surface area contributed by atoms with Crippen molar-refractivity contribution in [3.63, 3.8) is 0 Å². The third-order valence-corrected chi connectivity index (χ3v) is 7.22. The lowest BCUT2D eigenvalue weighted by Gasteiger charge is -2.23. The average molecular weight is 609 g/mol. The molecule has 1 amide bonds. The zero-order valence-corrected chi connectivity index (χ0v) is 23.9. The Morgan fingerprint density at radius 2 is 1.84 bits per heavy atom. The van der Waals surface area contributed by atoms with Crippen LogP contribution in [0.4, 0.5) is 5.69 Å². The molecular weight excluding hydrogens is 582 g/mol. The number of benzene rings is 3. The summed E-state index contributed by atoms with van der Waals surface area (Å²) in [4.78, 5) is 12.5. The van der Waals surface area contributed by atoms with Crippen molar-refractivity contribution in [2.45, 2.75) is 20.5 Å². The van der Waals surface area contributed by atoms with Crippen molar-refractivity contribution in [2.75, 3.05) is 24.2 Å². The van der Waals surface area contributed by atoms with Crippen LogP contribution in [0.25, 0.3) is 0 Å². The number of sulfonamides is 1. The van der Waals surface area contributed by atoms with E-state index in [1.807, 2.05) is 31.2 Å². The van der Waals surface area contributed by atoms with Crippen LogP contribution in [0.5, 0.6) is 11.5 Å². The first kappa shape index (κ1) is 28.5. The number of nitrogens with zero attached hydrogens (tertiary/aromatic N) is 2. The second kappa shape index (κ2) is 12.4. The van der Waals surface area contributed by atoms with E-state index in [0.717, 1.165) is 16.1 Å². The molecule has 3 rings (SSSR count). The van der Waals surface area contributed by atoms with Crippen molar-refractivity contribution >= 4 is 55.4 Å². The molecule has 0 heterocycles. The number of amides is 1. The smallest absolute Gasteiger partial charge is 0.260 e. The predicted molar refractivity (Wildman–Crippen MR) is 150 cm³/mol. The van der Waals surface area contributed by atoms with Crippen LogP contribution in [0.1, 0.15) is 22.3 Å². The molecule has 0 bridgehead atoms. The number of ether oxygens (including phenoxy) is 2. The second-order valence-electron chi connectivity index (χ2n) is 8.30. The predicted octanol–water partition coefficient (Wildman–Crippen LogP) is 5.22. The zero-order chi connectivity index (χ0) is 27.2. The number of halogens is 2. The van der Waals surface area contributed by atoms with Crippen LogP contribution in [0.2, 0.25) is 5.02 Å². The molecule has 0 atom stereocenters. The summed E-state index contributed by atoms with van der Waals surface area (Å²) in [5.74, 6) is 0.405. The molecule has 1 N–H and O–H groups in total. The van der Waals surface area contributed by atoms with Gasteiger partial charge in [0.25, 0.3) is 5.91 Å². The van der Waals surface area contributed by atoms with Crippen LogP contribution in [-0.4, -0.2) is 40.4 Å². The van der Waals surface area contributed by atoms with E-state index in [2.05, 4.69) is 26.5 Å². The van der Waals surface area contributed by atoms with Gasteiger partial charge >= 0.3 is 0 Å². The summed E-state index contributed by atoms with van der Waals surface area (Å²) < 4.78 is 37.8. The molecule has 3 aromatic carbocycles. The van der Waals surface area contributed by atoms with Gasteiger partial charge in [0.2, 0.25) is 10.0 Å². The number of nitrogens with one attached hydrogen (secondary N) is 1. The van der Waals surface area contributed by atoms with Crippen molar-refractivity contribution in [1.82, 2.24) is 5.43 Å². The quantitative estimate of drug-likeness (QED) is 0.251. The second-order valence-corrected chi connectivity index (χ2v) is 11.5. The van der Waals surface area contributed by atoms with E-state index in [9.17, 15) is 13.2 Å². The minimum absolute atomic E-state index is 0.362. The zero-order valence-electron chi connectivity index (χ0n) is 20.8. The molecular formula is C26H27BrClN3O5S. The number of methoxy groups -OCH3 is 1. The van der Waals surface area contributed by atoms with Crippen LogP contribution in [0.3, 0.4) is 0 Å². The lowest BCUT2D eigenvalue weighted by molar-refractivity contribution is -0.119. The van der Waals surface area contributed by atoms with Crippen LogP contribution in [0.15, 0.2) is 64.2 Å². The number of carbonyl (C=O) groups excluding carboxylic acids is 1. The normalized spacial score (nSPS) is 11.4. The molecule has 0 aliphatic heterocycles. The number of hydrogen-bond acceptors (Lipinski definition) is 6. The van der Waals surface area contributed by atoms with Gasteiger partial charge in [-0.25, -0.2) is 13.8 Å². The monoisotopic (exact) mass is 607 g/mol. The fraction of sp³-hybridized carbons (Fsp3) is 0.231. The highest BCUT2D eigenvalue weighted by atomic mass is 79.9. The van der Waals surface area contributed by atoms with Crippen molar-refractivity contribution in [3.8, 4) is 11.5 Å². The number of carbonyl (C=O) groups is 1. The Bertz CT molecular complexity index is 1410. The number of rotatable bonds is 10. The van der Waals surface area contributed by atoms with Gasteiger partial charge in [0.1, 0.15) is 13.2 Å². The highest BCUT2D eigenvalue weighted by Crippen LogP contribution is 2.37. The Morgan fingerprint density at radius 3 is 2.46 bits per heavy atom. The van der Waals surface area contributed by atoms with Gasteiger partial charge in [0.15, 0.2) is 11.5 Å². The lowest BCUT2D eigenvalue weighted by Crippen LogP contribution is -2.39. The molecule has 8 nitrogen and oxygen atoms in total. The summed E-state index contributed by atoms with van der Waals surface area (Å²) in [7, 11) is -2.20. The minimum atomic E-state index is -3.73. The highest BCUT2D eigenvalue weighted by molar-refractivity contribution is 9.10. The van der Waals surface area contributed by atoms with E-state index in [4.69, 9.17) is 21.1 Å². The summed E-state index contributed by atoms with van der Waals surface area (Å²) >= 11 is 9.48. The summed E-state index contributed by atoms with van der Waals surface area (Å²) in [6.07, 6.45) is 2.46. The first-order valence-corrected chi connectivity index (χ1v) is 14.1. The van der Waals surface area contributed by atoms with Crippen molar-refractivity contribution in [3.05, 3.63) is 86.3 Å². The Labute approximate surface area is 230 Å². The van der Waals surface area contributed by atoms with Gasteiger partial charge in [-0.15, -0.1) is 0 Å². The molecule has 196 valence electrons. The third-order valence-electron chi connectivity index (χ3n) is 5.27. The molecule has 0 unspecified atom stereocenters. The van der Waals surface area contributed by atoms with E-state index in [1.165, 1.54) is 18.9 Å². The molecule has 0 saturated heterocycles. The summed E-state index contributed by atoms with van der Waals surface area (Å²) in [6.45, 7) is 3.66. The van der Waals surface area contributed by atoms with Crippen LogP contribution in [0, 0.1) is 13.8 Å². The Hall–Kier alpha value is -3.08. The standard InChI is InChI=1S/C26H27BrClN3O5S/c1-17-5-7-19(8-6-17)16-36-26-22(27)12-20(13-24(26)35-3)14-29-30-25(32)15-31(37(4,33)34)23-10-9-21(28)11-18(23)2/h5-14H,15-16H2,1-4H3,(H,30,32)/b29-14-. The van der Waals surface area contributed by atoms with Gasteiger partial charge in [0.05, 0.1) is 29.7 Å². The van der Waals surface area contributed by atoms with E-state index >= 15 is 0 Å². The molecule has 0 aromatic heterocycles. The van der Waals surface area contributed by atoms with Gasteiger partial charge in [-0.3, -0.25) is 9.10 Å². The Morgan fingerprint density at radius 1 is 1.14 bits per heavy atom. The lowest BCUT2D eigenvalue weighted by atomic mass is 10.2. The molecule has 3 aromatic rings. The topological polar surface area (TPSA) is 97.3 Å². The molecule has 0 spiro atoms. The first-order valence-electron chi connectivity index (χ1n) is 11.1. The number of hydrogen-bond donors (Lipinski definition) is 1. The van der Waals surface area contributed by atoms with E-state index in [-0.39, 0.29) is 0 Å². The molecule has 0 radical (unpaired) electrons. The van der Waals surface area contributed by atoms with Gasteiger partial charge < -0.3 is 9.47 Å². The van der Waals surface area contributed by atoms with Crippen molar-refractivity contribution in [1.29, 1.82) is 0 Å². The molecule has 0 fully saturated rings. The Kier molecular flexibility index (Phi) is 9.58. The fourth-order valence-electron chi connectivity index (χ4n) is 3.42. The first-order chi connectivity index (χ1) is 17.5. The van der Waals surface area contributed by atoms with Crippen LogP contribution in [-0.2, 0) is 21.4 Å². The summed E-state index contributed by atoms with van der Waals surface area (Å²) in [6, 6.07) is 16.3. The Balaban J connectivity index is 1.69. The summed E-state index contributed by atoms with van der Waals surface area (Å²) in [5, 5.41) is 4.44. The largest absolute Gasteiger partial charge is 0.493 e. The van der Waals surface area contributed by atoms with Gasteiger partial charge in [-0.1, -0.05) is 41.4 Å². The van der Waals surface area contributed by atoms with Crippen LogP contribution < -0.4 is 19.2 Å². The number of anilines is 1. The molecule has 11 heteroatoms. The van der Waals surface area contributed by atoms with Gasteiger partial charge in [-0.05, 0) is 76.8 Å². The van der Waals surface area contributed by atoms with E-state index in [0.29, 0.717) is 44.4 Å². The molecule has 0 saturated carbocycles. The van der Waals surface area contributed by atoms with E-state index in [1.54, 1.807) is 37.3 Å². The minimum Gasteiger partial charge on any atom is -0.493 e. The average Bonchev–Trinajstić information content (AvgIpc) is 2.82. The molecule has 0 aliphatic carbocycles. The van der Waals surface area contributed by atoms with Crippen molar-refractivity contribution < 1.29 is 22.7 Å². The maximum Gasteiger partial charge on any atom is 0.260 e. The maximum absolute atomic E-state index is 12.5. The number of hydrazone groups is 1. The van der Waals surface area contributed by atoms with Gasteiger partial charge in [0, 0.05) is 5.02 Å². The summed E-state index contributed by atoms with van der Waals surface area (Å²) in [5.41, 5.74) is 6.16. The highest BCUT2D eigenvalue weighted by Gasteiger charge is 2.22. The fourth-order valence-corrected chi connectivity index (χ4v) is 5.13. The molecule has 37 heavy (non-hydrogen) atoms. The molecule has 0 aliphatic rings. The maximum atomic E-state index is 12.5. The van der Waals surface area contributed by atoms with Crippen molar-refractivity contribution in [2.24, 2.45) is 5.10 Å². The SMILES string of the molecule is COc1cc(/C=N\NC(=O)CN(c2ccc(Cl)cc2C)S(C)(=O)=O)cc(Br)c1OCc1ccc(C)cc1. The van der Waals surface area contributed by atoms with Crippen LogP contribution >= 0.6 is 27.5 Å².